The molecule has 2 rings (SSSR count). The van der Waals surface area contributed by atoms with Gasteiger partial charge in [0, 0.05) is 18.7 Å². The summed E-state index contributed by atoms with van der Waals surface area (Å²) in [6.45, 7) is 5.40. The molecule has 0 aliphatic carbocycles. The van der Waals surface area contributed by atoms with Gasteiger partial charge in [-0.25, -0.2) is 0 Å². The van der Waals surface area contributed by atoms with Gasteiger partial charge in [0.05, 0.1) is 6.07 Å². The summed E-state index contributed by atoms with van der Waals surface area (Å²) in [5.41, 5.74) is 3.09. The second kappa shape index (κ2) is 5.88. The molecular formula is C16H20N2OS. The van der Waals surface area contributed by atoms with Crippen molar-refractivity contribution < 1.29 is 4.79 Å². The number of likely N-dealkylation sites (tertiary alicyclic amines) is 1. The van der Waals surface area contributed by atoms with E-state index in [2.05, 4.69) is 6.07 Å². The molecule has 0 radical (unpaired) electrons. The lowest BCUT2D eigenvalue weighted by atomic mass is 9.96. The smallest absolute Gasteiger partial charge is 0.253 e. The highest BCUT2D eigenvalue weighted by Crippen LogP contribution is 2.34. The Morgan fingerprint density at radius 1 is 1.30 bits per heavy atom. The summed E-state index contributed by atoms with van der Waals surface area (Å²) in [4.78, 5) is 14.4. The molecule has 1 aliphatic rings. The molecule has 1 aliphatic heterocycles. The van der Waals surface area contributed by atoms with Crippen LogP contribution in [0.15, 0.2) is 18.2 Å². The Labute approximate surface area is 125 Å². The maximum atomic E-state index is 12.5. The van der Waals surface area contributed by atoms with E-state index in [1.807, 2.05) is 43.2 Å². The van der Waals surface area contributed by atoms with Gasteiger partial charge >= 0.3 is 0 Å². The minimum Gasteiger partial charge on any atom is -0.338 e. The van der Waals surface area contributed by atoms with Crippen LogP contribution >= 0.6 is 11.8 Å². The number of thioether (sulfide) groups is 1. The van der Waals surface area contributed by atoms with E-state index in [9.17, 15) is 10.1 Å². The van der Waals surface area contributed by atoms with Gasteiger partial charge in [-0.1, -0.05) is 6.07 Å². The Kier molecular flexibility index (Phi) is 4.39. The van der Waals surface area contributed by atoms with Crippen LogP contribution in [0.5, 0.6) is 0 Å². The fourth-order valence-corrected chi connectivity index (χ4v) is 3.17. The van der Waals surface area contributed by atoms with Gasteiger partial charge in [0.2, 0.25) is 0 Å². The van der Waals surface area contributed by atoms with Crippen molar-refractivity contribution in [3.63, 3.8) is 0 Å². The minimum absolute atomic E-state index is 0.0840. The number of carbonyl (C=O) groups excluding carboxylic acids is 1. The maximum absolute atomic E-state index is 12.5. The van der Waals surface area contributed by atoms with Gasteiger partial charge in [0.25, 0.3) is 5.91 Å². The zero-order valence-corrected chi connectivity index (χ0v) is 13.1. The average molecular weight is 288 g/mol. The van der Waals surface area contributed by atoms with Crippen molar-refractivity contribution in [1.82, 2.24) is 4.90 Å². The highest BCUT2D eigenvalue weighted by Gasteiger charge is 2.35. The van der Waals surface area contributed by atoms with Crippen molar-refractivity contribution in [3.8, 4) is 6.07 Å². The summed E-state index contributed by atoms with van der Waals surface area (Å²) in [7, 11) is 0. The molecule has 0 spiro atoms. The Bertz CT molecular complexity index is 554. The molecule has 0 aromatic heterocycles. The lowest BCUT2D eigenvalue weighted by Gasteiger charge is -2.36. The molecule has 3 nitrogen and oxygen atoms in total. The van der Waals surface area contributed by atoms with Crippen LogP contribution < -0.4 is 0 Å². The van der Waals surface area contributed by atoms with Crippen molar-refractivity contribution in [2.24, 2.45) is 0 Å². The summed E-state index contributed by atoms with van der Waals surface area (Å²) >= 11 is 1.61. The number of hydrogen-bond donors (Lipinski definition) is 0. The Balaban J connectivity index is 2.09. The van der Waals surface area contributed by atoms with Gasteiger partial charge in [-0.2, -0.15) is 5.26 Å². The van der Waals surface area contributed by atoms with Crippen molar-refractivity contribution in [1.29, 1.82) is 5.26 Å². The second-order valence-corrected chi connectivity index (χ2v) is 6.59. The summed E-state index contributed by atoms with van der Waals surface area (Å²) in [5, 5.41) is 9.28. The third-order valence-electron chi connectivity index (χ3n) is 4.21. The van der Waals surface area contributed by atoms with Crippen LogP contribution in [0, 0.1) is 25.2 Å². The SMILES string of the molecule is CSC1(C#N)CCN(C(=O)c2ccc(C)c(C)c2)CC1. The largest absolute Gasteiger partial charge is 0.338 e. The molecular weight excluding hydrogens is 268 g/mol. The number of piperidine rings is 1. The van der Waals surface area contributed by atoms with Crippen molar-refractivity contribution in [2.45, 2.75) is 31.4 Å². The van der Waals surface area contributed by atoms with E-state index >= 15 is 0 Å². The van der Waals surface area contributed by atoms with E-state index in [-0.39, 0.29) is 10.7 Å². The lowest BCUT2D eigenvalue weighted by molar-refractivity contribution is 0.0716. The van der Waals surface area contributed by atoms with Gasteiger partial charge in [0.1, 0.15) is 4.75 Å². The first-order chi connectivity index (χ1) is 9.51. The monoisotopic (exact) mass is 288 g/mol. The van der Waals surface area contributed by atoms with Gasteiger partial charge in [-0.05, 0) is 56.2 Å². The van der Waals surface area contributed by atoms with E-state index in [0.29, 0.717) is 13.1 Å². The zero-order chi connectivity index (χ0) is 14.8. The molecule has 1 saturated heterocycles. The molecule has 0 bridgehead atoms. The van der Waals surface area contributed by atoms with Crippen LogP contribution in [0.2, 0.25) is 0 Å². The molecule has 1 fully saturated rings. The minimum atomic E-state index is -0.306. The molecule has 106 valence electrons. The van der Waals surface area contributed by atoms with Crippen LogP contribution in [0.4, 0.5) is 0 Å². The zero-order valence-electron chi connectivity index (χ0n) is 12.3. The molecule has 4 heteroatoms. The predicted molar refractivity (Wildman–Crippen MR) is 82.9 cm³/mol. The van der Waals surface area contributed by atoms with Gasteiger partial charge in [-0.3, -0.25) is 4.79 Å². The van der Waals surface area contributed by atoms with E-state index in [1.54, 1.807) is 11.8 Å². The number of aryl methyl sites for hydroxylation is 2. The second-order valence-electron chi connectivity index (χ2n) is 5.40. The molecule has 0 N–H and O–H groups in total. The number of nitrogens with zero attached hydrogens (tertiary/aromatic N) is 2. The topological polar surface area (TPSA) is 44.1 Å². The third-order valence-corrected chi connectivity index (χ3v) is 5.49. The summed E-state index contributed by atoms with van der Waals surface area (Å²) in [6, 6.07) is 8.25. The predicted octanol–water partition coefficient (Wildman–Crippen LogP) is 3.16. The van der Waals surface area contributed by atoms with Crippen molar-refractivity contribution in [2.75, 3.05) is 19.3 Å². The van der Waals surface area contributed by atoms with E-state index in [0.717, 1.165) is 24.0 Å². The summed E-state index contributed by atoms with van der Waals surface area (Å²) in [6.07, 6.45) is 3.48. The molecule has 0 unspecified atom stereocenters. The van der Waals surface area contributed by atoms with Gasteiger partial charge in [0.15, 0.2) is 0 Å². The van der Waals surface area contributed by atoms with E-state index < -0.39 is 0 Å². The van der Waals surface area contributed by atoms with Gasteiger partial charge < -0.3 is 4.90 Å². The number of amides is 1. The van der Waals surface area contributed by atoms with Crippen molar-refractivity contribution >= 4 is 17.7 Å². The number of benzene rings is 1. The standard InChI is InChI=1S/C16H20N2OS/c1-12-4-5-14(10-13(12)2)15(19)18-8-6-16(11-17,20-3)7-9-18/h4-5,10H,6-9H2,1-3H3. The third kappa shape index (κ3) is 2.83. The van der Waals surface area contributed by atoms with Crippen LogP contribution in [-0.4, -0.2) is 34.9 Å². The first-order valence-corrected chi connectivity index (χ1v) is 8.07. The molecule has 1 amide bonds. The number of hydrogen-bond acceptors (Lipinski definition) is 3. The Morgan fingerprint density at radius 2 is 1.95 bits per heavy atom. The fourth-order valence-electron chi connectivity index (χ4n) is 2.49. The van der Waals surface area contributed by atoms with E-state index in [1.165, 1.54) is 5.56 Å². The molecule has 1 aromatic rings. The molecule has 1 aromatic carbocycles. The first kappa shape index (κ1) is 14.9. The number of nitriles is 1. The first-order valence-electron chi connectivity index (χ1n) is 6.84. The highest BCUT2D eigenvalue weighted by atomic mass is 32.2. The Hall–Kier alpha value is -1.47. The Morgan fingerprint density at radius 3 is 2.45 bits per heavy atom. The molecule has 0 atom stereocenters. The van der Waals surface area contributed by atoms with Crippen molar-refractivity contribution in [3.05, 3.63) is 34.9 Å². The average Bonchev–Trinajstić information content (AvgIpc) is 2.49. The van der Waals surface area contributed by atoms with Crippen LogP contribution in [0.1, 0.15) is 34.3 Å². The number of carbonyl (C=O) groups is 1. The summed E-state index contributed by atoms with van der Waals surface area (Å²) < 4.78 is -0.306. The maximum Gasteiger partial charge on any atom is 0.253 e. The van der Waals surface area contributed by atoms with Crippen LogP contribution in [-0.2, 0) is 0 Å². The van der Waals surface area contributed by atoms with E-state index in [4.69, 9.17) is 0 Å². The summed E-state index contributed by atoms with van der Waals surface area (Å²) in [5.74, 6) is 0.0840. The fraction of sp³-hybridized carbons (Fsp3) is 0.500. The quantitative estimate of drug-likeness (QED) is 0.839. The number of rotatable bonds is 2. The van der Waals surface area contributed by atoms with Crippen LogP contribution in [0.3, 0.4) is 0 Å². The molecule has 20 heavy (non-hydrogen) atoms. The molecule has 1 heterocycles. The highest BCUT2D eigenvalue weighted by molar-refractivity contribution is 8.00. The van der Waals surface area contributed by atoms with Gasteiger partial charge in [-0.15, -0.1) is 11.8 Å². The lowest BCUT2D eigenvalue weighted by Crippen LogP contribution is -2.44. The molecule has 0 saturated carbocycles. The normalized spacial score (nSPS) is 17.6. The van der Waals surface area contributed by atoms with Crippen LogP contribution in [0.25, 0.3) is 0 Å².